The number of hydrazone groups is 1. The fraction of sp³-hybridized carbons (Fsp3) is 0.583. The van der Waals surface area contributed by atoms with Crippen LogP contribution in [0.4, 0.5) is 10.5 Å². The number of nitrogens with zero attached hydrogens (tertiary/aromatic N) is 3. The molecule has 2 saturated carbocycles. The maximum absolute atomic E-state index is 13.4. The highest BCUT2D eigenvalue weighted by atomic mass is 16.4. The number of anilines is 1. The summed E-state index contributed by atoms with van der Waals surface area (Å²) < 4.78 is 0. The molecule has 0 unspecified atom stereocenters. The normalized spacial score (nSPS) is 20.8. The van der Waals surface area contributed by atoms with Gasteiger partial charge in [0.25, 0.3) is 0 Å². The molecule has 1 aliphatic heterocycles. The summed E-state index contributed by atoms with van der Waals surface area (Å²) in [5, 5.41) is 15.1. The zero-order chi connectivity index (χ0) is 21.8. The van der Waals surface area contributed by atoms with Gasteiger partial charge in [0.2, 0.25) is 0 Å². The van der Waals surface area contributed by atoms with Gasteiger partial charge in [0.1, 0.15) is 6.54 Å². The van der Waals surface area contributed by atoms with Crippen LogP contribution in [0.2, 0.25) is 0 Å². The van der Waals surface area contributed by atoms with Gasteiger partial charge in [-0.15, -0.1) is 0 Å². The van der Waals surface area contributed by atoms with Crippen molar-refractivity contribution in [2.24, 2.45) is 16.9 Å². The van der Waals surface area contributed by atoms with E-state index in [-0.39, 0.29) is 24.2 Å². The number of urea groups is 1. The number of fused-ring (bicyclic) bond motifs is 1. The summed E-state index contributed by atoms with van der Waals surface area (Å²) in [6.07, 6.45) is 10.3. The van der Waals surface area contributed by atoms with E-state index in [1.807, 2.05) is 24.3 Å². The lowest BCUT2D eigenvalue weighted by molar-refractivity contribution is -0.137. The van der Waals surface area contributed by atoms with Crippen molar-refractivity contribution < 1.29 is 19.5 Å². The number of hydrogen-bond donors (Lipinski definition) is 1. The zero-order valence-corrected chi connectivity index (χ0v) is 18.0. The highest BCUT2D eigenvalue weighted by Crippen LogP contribution is 2.34. The number of aliphatic carboxylic acids is 1. The topological polar surface area (TPSA) is 90.3 Å². The second-order valence-corrected chi connectivity index (χ2v) is 8.96. The number of carbonyl (C=O) groups is 3. The van der Waals surface area contributed by atoms with Crippen LogP contribution in [0.3, 0.4) is 0 Å². The fourth-order valence-corrected chi connectivity index (χ4v) is 5.17. The number of Topliss-reactive ketones (excluding diaryl/α,β-unsaturated/α-hetero) is 1. The van der Waals surface area contributed by atoms with Gasteiger partial charge in [-0.1, -0.05) is 56.7 Å². The van der Waals surface area contributed by atoms with E-state index in [1.165, 1.54) is 17.7 Å². The van der Waals surface area contributed by atoms with Gasteiger partial charge in [-0.05, 0) is 31.7 Å². The molecule has 1 N–H and O–H groups in total. The molecule has 2 fully saturated rings. The predicted molar refractivity (Wildman–Crippen MR) is 118 cm³/mol. The summed E-state index contributed by atoms with van der Waals surface area (Å²) in [6.45, 7) is -0.554. The summed E-state index contributed by atoms with van der Waals surface area (Å²) >= 11 is 0. The molecule has 2 amide bonds. The first-order valence-corrected chi connectivity index (χ1v) is 11.6. The van der Waals surface area contributed by atoms with E-state index in [4.69, 9.17) is 0 Å². The quantitative estimate of drug-likeness (QED) is 0.682. The first-order chi connectivity index (χ1) is 15.0. The molecule has 166 valence electrons. The van der Waals surface area contributed by atoms with Gasteiger partial charge < -0.3 is 5.11 Å². The van der Waals surface area contributed by atoms with Crippen LogP contribution in [0, 0.1) is 11.8 Å². The molecule has 1 heterocycles. The van der Waals surface area contributed by atoms with Crippen molar-refractivity contribution in [3.05, 3.63) is 29.8 Å². The largest absolute Gasteiger partial charge is 0.480 e. The number of carbonyl (C=O) groups excluding carboxylic acids is 2. The summed E-state index contributed by atoms with van der Waals surface area (Å²) in [5.41, 5.74) is 2.28. The highest BCUT2D eigenvalue weighted by Gasteiger charge is 2.35. The van der Waals surface area contributed by atoms with Crippen LogP contribution >= 0.6 is 0 Å². The minimum Gasteiger partial charge on any atom is -0.480 e. The molecule has 0 atom stereocenters. The summed E-state index contributed by atoms with van der Waals surface area (Å²) in [7, 11) is 0. The Morgan fingerprint density at radius 1 is 0.935 bits per heavy atom. The van der Waals surface area contributed by atoms with Gasteiger partial charge in [-0.25, -0.2) is 9.80 Å². The van der Waals surface area contributed by atoms with Crippen LogP contribution < -0.4 is 4.90 Å². The number of hydrogen-bond acceptors (Lipinski definition) is 4. The summed E-state index contributed by atoms with van der Waals surface area (Å²) in [4.78, 5) is 39.4. The van der Waals surface area contributed by atoms with E-state index < -0.39 is 18.5 Å². The first kappa shape index (κ1) is 21.5. The van der Waals surface area contributed by atoms with Crippen molar-refractivity contribution in [2.45, 2.75) is 64.2 Å². The van der Waals surface area contributed by atoms with E-state index in [0.717, 1.165) is 67.7 Å². The Morgan fingerprint density at radius 3 is 2.26 bits per heavy atom. The average Bonchev–Trinajstić information content (AvgIpc) is 3.13. The minimum absolute atomic E-state index is 0.0154. The third-order valence-electron chi connectivity index (χ3n) is 6.80. The number of ketones is 1. The third-order valence-corrected chi connectivity index (χ3v) is 6.80. The van der Waals surface area contributed by atoms with Gasteiger partial charge in [0.05, 0.1) is 17.9 Å². The van der Waals surface area contributed by atoms with Crippen LogP contribution in [0.1, 0.15) is 69.8 Å². The zero-order valence-electron chi connectivity index (χ0n) is 18.0. The third kappa shape index (κ3) is 4.81. The maximum atomic E-state index is 13.4. The molecule has 0 saturated heterocycles. The van der Waals surface area contributed by atoms with Crippen molar-refractivity contribution in [2.75, 3.05) is 18.0 Å². The minimum atomic E-state index is -1.12. The lowest BCUT2D eigenvalue weighted by atomic mass is 9.89. The van der Waals surface area contributed by atoms with Gasteiger partial charge in [-0.3, -0.25) is 14.5 Å². The van der Waals surface area contributed by atoms with Gasteiger partial charge in [-0.2, -0.15) is 5.10 Å². The Kier molecular flexibility index (Phi) is 6.68. The molecule has 0 radical (unpaired) electrons. The number of rotatable bonds is 6. The predicted octanol–water partition coefficient (Wildman–Crippen LogP) is 4.45. The van der Waals surface area contributed by atoms with Crippen molar-refractivity contribution in [3.63, 3.8) is 0 Å². The Bertz CT molecular complexity index is 867. The molecule has 1 aromatic rings. The van der Waals surface area contributed by atoms with Gasteiger partial charge in [0.15, 0.2) is 5.78 Å². The van der Waals surface area contributed by atoms with Crippen LogP contribution in [-0.2, 0) is 9.59 Å². The number of carboxylic acids is 1. The lowest BCUT2D eigenvalue weighted by Gasteiger charge is -2.26. The smallest absolute Gasteiger partial charge is 0.345 e. The van der Waals surface area contributed by atoms with Gasteiger partial charge in [0, 0.05) is 17.4 Å². The molecule has 3 aliphatic rings. The van der Waals surface area contributed by atoms with Crippen molar-refractivity contribution in [1.29, 1.82) is 0 Å². The molecule has 7 heteroatoms. The molecule has 0 spiro atoms. The number of carboxylic acid groups (broad SMARTS) is 1. The second kappa shape index (κ2) is 9.62. The molecule has 1 aromatic carbocycles. The van der Waals surface area contributed by atoms with Crippen LogP contribution in [-0.4, -0.2) is 46.7 Å². The Balaban J connectivity index is 1.73. The van der Waals surface area contributed by atoms with Crippen LogP contribution in [0.15, 0.2) is 29.4 Å². The Labute approximate surface area is 183 Å². The summed E-state index contributed by atoms with van der Waals surface area (Å²) in [5.74, 6) is -0.907. The fourth-order valence-electron chi connectivity index (χ4n) is 5.17. The molecule has 2 aliphatic carbocycles. The number of amides is 2. The monoisotopic (exact) mass is 425 g/mol. The molecule has 0 bridgehead atoms. The van der Waals surface area contributed by atoms with E-state index in [2.05, 4.69) is 5.10 Å². The molecular formula is C24H31N3O4. The number of para-hydroxylation sites is 1. The first-order valence-electron chi connectivity index (χ1n) is 11.6. The Hall–Kier alpha value is -2.70. The standard InChI is InChI=1S/C24H31N3O4/c28-21(17-9-5-6-10-17)15-26-20-14-8-7-13-19(20)23(18-11-3-1-2-4-12-18)25-27(24(26)31)16-22(29)30/h7-8,13-14,17-18H,1-6,9-12,15-16H2,(H,29,30). The van der Waals surface area contributed by atoms with Crippen LogP contribution in [0.5, 0.6) is 0 Å². The average molecular weight is 426 g/mol. The highest BCUT2D eigenvalue weighted by molar-refractivity contribution is 6.13. The molecular weight excluding hydrogens is 394 g/mol. The van der Waals surface area contributed by atoms with E-state index in [0.29, 0.717) is 5.69 Å². The molecule has 7 nitrogen and oxygen atoms in total. The van der Waals surface area contributed by atoms with E-state index in [9.17, 15) is 19.5 Å². The summed E-state index contributed by atoms with van der Waals surface area (Å²) in [6, 6.07) is 7.04. The maximum Gasteiger partial charge on any atom is 0.345 e. The lowest BCUT2D eigenvalue weighted by Crippen LogP contribution is -2.45. The number of benzene rings is 1. The van der Waals surface area contributed by atoms with Crippen molar-refractivity contribution in [3.8, 4) is 0 Å². The molecule has 31 heavy (non-hydrogen) atoms. The van der Waals surface area contributed by atoms with Crippen molar-refractivity contribution in [1.82, 2.24) is 5.01 Å². The SMILES string of the molecule is O=C(O)CN1N=C(C2CCCCCC2)c2ccccc2N(CC(=O)C2CCCC2)C1=O. The van der Waals surface area contributed by atoms with E-state index >= 15 is 0 Å². The Morgan fingerprint density at radius 2 is 1.58 bits per heavy atom. The van der Waals surface area contributed by atoms with Gasteiger partial charge >= 0.3 is 12.0 Å². The van der Waals surface area contributed by atoms with E-state index in [1.54, 1.807) is 0 Å². The van der Waals surface area contributed by atoms with Crippen LogP contribution in [0.25, 0.3) is 0 Å². The molecule has 4 rings (SSSR count). The van der Waals surface area contributed by atoms with Crippen molar-refractivity contribution >= 4 is 29.2 Å². The molecule has 0 aromatic heterocycles. The second-order valence-electron chi connectivity index (χ2n) is 8.96.